The highest BCUT2D eigenvalue weighted by atomic mass is 16.2. The van der Waals surface area contributed by atoms with Gasteiger partial charge in [-0.1, -0.05) is 18.2 Å². The predicted molar refractivity (Wildman–Crippen MR) is 88.7 cm³/mol. The molecule has 0 radical (unpaired) electrons. The minimum atomic E-state index is 0.0889. The lowest BCUT2D eigenvalue weighted by molar-refractivity contribution is 0.0751. The average Bonchev–Trinajstić information content (AvgIpc) is 2.58. The molecule has 2 aromatic rings. The molecule has 22 heavy (non-hydrogen) atoms. The predicted octanol–water partition coefficient (Wildman–Crippen LogP) is 2.51. The highest BCUT2D eigenvalue weighted by molar-refractivity contribution is 5.95. The maximum atomic E-state index is 12.9. The van der Waals surface area contributed by atoms with Crippen LogP contribution < -0.4 is 5.32 Å². The molecule has 0 unspecified atom stereocenters. The quantitative estimate of drug-likeness (QED) is 0.854. The molecular weight excluding hydrogens is 274 g/mol. The first-order valence-corrected chi connectivity index (χ1v) is 7.67. The lowest BCUT2D eigenvalue weighted by atomic mass is 10.0. The smallest absolute Gasteiger partial charge is 0.254 e. The standard InChI is InChI=1S/C18H23N3O/c1-3-21(14-15-8-12-20-13-9-15)18(22)17-7-5-4-6-16(17)10-11-19-2/h4-9,12-13,19H,3,10-11,14H2,1-2H3. The fraction of sp³-hybridized carbons (Fsp3) is 0.333. The molecule has 4 heteroatoms. The summed E-state index contributed by atoms with van der Waals surface area (Å²) in [5, 5.41) is 3.13. The van der Waals surface area contributed by atoms with Gasteiger partial charge in [0, 0.05) is 31.0 Å². The molecule has 116 valence electrons. The second-order valence-corrected chi connectivity index (χ2v) is 5.19. The summed E-state index contributed by atoms with van der Waals surface area (Å²) in [7, 11) is 1.92. The van der Waals surface area contributed by atoms with Crippen molar-refractivity contribution in [3.05, 3.63) is 65.5 Å². The summed E-state index contributed by atoms with van der Waals surface area (Å²) in [6.45, 7) is 4.16. The summed E-state index contributed by atoms with van der Waals surface area (Å²) in [6, 6.07) is 11.8. The van der Waals surface area contributed by atoms with Crippen molar-refractivity contribution in [1.29, 1.82) is 0 Å². The van der Waals surface area contributed by atoms with Gasteiger partial charge in [-0.05, 0) is 56.3 Å². The van der Waals surface area contributed by atoms with E-state index in [0.29, 0.717) is 13.1 Å². The molecule has 0 aliphatic heterocycles. The largest absolute Gasteiger partial charge is 0.335 e. The lowest BCUT2D eigenvalue weighted by Gasteiger charge is -2.22. The molecule has 0 saturated heterocycles. The molecule has 1 aromatic carbocycles. The molecule has 0 spiro atoms. The summed E-state index contributed by atoms with van der Waals surface area (Å²) in [5.74, 6) is 0.0889. The van der Waals surface area contributed by atoms with Crippen molar-refractivity contribution in [1.82, 2.24) is 15.2 Å². The first-order valence-electron chi connectivity index (χ1n) is 7.67. The van der Waals surface area contributed by atoms with E-state index in [4.69, 9.17) is 0 Å². The third-order valence-corrected chi connectivity index (χ3v) is 3.68. The Morgan fingerprint density at radius 2 is 1.91 bits per heavy atom. The number of carbonyl (C=O) groups is 1. The molecule has 1 heterocycles. The summed E-state index contributed by atoms with van der Waals surface area (Å²) in [4.78, 5) is 18.7. The zero-order valence-corrected chi connectivity index (χ0v) is 13.2. The molecule has 0 aliphatic carbocycles. The minimum Gasteiger partial charge on any atom is -0.335 e. The van der Waals surface area contributed by atoms with Crippen molar-refractivity contribution >= 4 is 5.91 Å². The van der Waals surface area contributed by atoms with Crippen molar-refractivity contribution in [2.45, 2.75) is 19.9 Å². The number of rotatable bonds is 7. The Balaban J connectivity index is 2.18. The van der Waals surface area contributed by atoms with Crippen LogP contribution in [-0.4, -0.2) is 35.9 Å². The summed E-state index contributed by atoms with van der Waals surface area (Å²) < 4.78 is 0. The molecule has 0 aliphatic rings. The SMILES string of the molecule is CCN(Cc1ccncc1)C(=O)c1ccccc1CCNC. The van der Waals surface area contributed by atoms with Gasteiger partial charge in [0.15, 0.2) is 0 Å². The molecule has 1 N–H and O–H groups in total. The van der Waals surface area contributed by atoms with Gasteiger partial charge in [0.1, 0.15) is 0 Å². The van der Waals surface area contributed by atoms with Crippen LogP contribution in [0.5, 0.6) is 0 Å². The summed E-state index contributed by atoms with van der Waals surface area (Å²) in [5.41, 5.74) is 2.99. The number of likely N-dealkylation sites (N-methyl/N-ethyl adjacent to an activating group) is 1. The zero-order chi connectivity index (χ0) is 15.8. The Labute approximate surface area is 132 Å². The Kier molecular flexibility index (Phi) is 6.10. The van der Waals surface area contributed by atoms with E-state index >= 15 is 0 Å². The molecule has 0 fully saturated rings. The number of hydrogen-bond acceptors (Lipinski definition) is 3. The molecular formula is C18H23N3O. The van der Waals surface area contributed by atoms with Crippen molar-refractivity contribution in [2.75, 3.05) is 20.1 Å². The van der Waals surface area contributed by atoms with Crippen LogP contribution in [-0.2, 0) is 13.0 Å². The maximum Gasteiger partial charge on any atom is 0.254 e. The van der Waals surface area contributed by atoms with Crippen molar-refractivity contribution in [3.63, 3.8) is 0 Å². The second-order valence-electron chi connectivity index (χ2n) is 5.19. The number of hydrogen-bond donors (Lipinski definition) is 1. The molecule has 1 aromatic heterocycles. The molecule has 0 atom stereocenters. The first kappa shape index (κ1) is 16.2. The van der Waals surface area contributed by atoms with E-state index < -0.39 is 0 Å². The van der Waals surface area contributed by atoms with Crippen LogP contribution in [0.1, 0.15) is 28.4 Å². The first-order chi connectivity index (χ1) is 10.8. The number of amides is 1. The van der Waals surface area contributed by atoms with Crippen LogP contribution in [0.4, 0.5) is 0 Å². The maximum absolute atomic E-state index is 12.9. The molecule has 0 saturated carbocycles. The van der Waals surface area contributed by atoms with E-state index in [2.05, 4.69) is 10.3 Å². The number of aromatic nitrogens is 1. The van der Waals surface area contributed by atoms with E-state index in [1.165, 1.54) is 0 Å². The third-order valence-electron chi connectivity index (χ3n) is 3.68. The van der Waals surface area contributed by atoms with Crippen LogP contribution in [0.2, 0.25) is 0 Å². The monoisotopic (exact) mass is 297 g/mol. The van der Waals surface area contributed by atoms with Crippen LogP contribution in [0, 0.1) is 0 Å². The second kappa shape index (κ2) is 8.29. The van der Waals surface area contributed by atoms with E-state index in [9.17, 15) is 4.79 Å². The minimum absolute atomic E-state index is 0.0889. The van der Waals surface area contributed by atoms with Gasteiger partial charge in [0.25, 0.3) is 5.91 Å². The third kappa shape index (κ3) is 4.15. The Morgan fingerprint density at radius 1 is 1.18 bits per heavy atom. The molecule has 2 rings (SSSR count). The van der Waals surface area contributed by atoms with Gasteiger partial charge in [-0.3, -0.25) is 9.78 Å². The Morgan fingerprint density at radius 3 is 2.59 bits per heavy atom. The van der Waals surface area contributed by atoms with E-state index in [1.54, 1.807) is 12.4 Å². The van der Waals surface area contributed by atoms with Crippen LogP contribution in [0.15, 0.2) is 48.8 Å². The highest BCUT2D eigenvalue weighted by Crippen LogP contribution is 2.14. The average molecular weight is 297 g/mol. The fourth-order valence-electron chi connectivity index (χ4n) is 2.41. The van der Waals surface area contributed by atoms with Crippen molar-refractivity contribution in [3.8, 4) is 0 Å². The van der Waals surface area contributed by atoms with Crippen LogP contribution >= 0.6 is 0 Å². The van der Waals surface area contributed by atoms with Crippen LogP contribution in [0.3, 0.4) is 0 Å². The number of carbonyl (C=O) groups excluding carboxylic acids is 1. The van der Waals surface area contributed by atoms with E-state index in [1.807, 2.05) is 55.3 Å². The van der Waals surface area contributed by atoms with Gasteiger partial charge in [-0.25, -0.2) is 0 Å². The summed E-state index contributed by atoms with van der Waals surface area (Å²) in [6.07, 6.45) is 4.37. The van der Waals surface area contributed by atoms with Gasteiger partial charge >= 0.3 is 0 Å². The number of nitrogens with one attached hydrogen (secondary N) is 1. The van der Waals surface area contributed by atoms with Gasteiger partial charge in [0.2, 0.25) is 0 Å². The fourth-order valence-corrected chi connectivity index (χ4v) is 2.41. The lowest BCUT2D eigenvalue weighted by Crippen LogP contribution is -2.31. The van der Waals surface area contributed by atoms with Crippen LogP contribution in [0.25, 0.3) is 0 Å². The van der Waals surface area contributed by atoms with Gasteiger partial charge in [0.05, 0.1) is 0 Å². The number of benzene rings is 1. The van der Waals surface area contributed by atoms with E-state index in [-0.39, 0.29) is 5.91 Å². The van der Waals surface area contributed by atoms with Gasteiger partial charge in [-0.2, -0.15) is 0 Å². The normalized spacial score (nSPS) is 10.5. The van der Waals surface area contributed by atoms with E-state index in [0.717, 1.165) is 29.7 Å². The number of nitrogens with zero attached hydrogens (tertiary/aromatic N) is 2. The Bertz CT molecular complexity index is 598. The molecule has 1 amide bonds. The van der Waals surface area contributed by atoms with Crippen molar-refractivity contribution < 1.29 is 4.79 Å². The highest BCUT2D eigenvalue weighted by Gasteiger charge is 2.17. The van der Waals surface area contributed by atoms with Gasteiger partial charge < -0.3 is 10.2 Å². The summed E-state index contributed by atoms with van der Waals surface area (Å²) >= 11 is 0. The van der Waals surface area contributed by atoms with Crippen molar-refractivity contribution in [2.24, 2.45) is 0 Å². The number of pyridine rings is 1. The Hall–Kier alpha value is -2.20. The molecule has 0 bridgehead atoms. The zero-order valence-electron chi connectivity index (χ0n) is 13.2. The molecule has 4 nitrogen and oxygen atoms in total. The topological polar surface area (TPSA) is 45.2 Å². The van der Waals surface area contributed by atoms with Gasteiger partial charge in [-0.15, -0.1) is 0 Å².